The Bertz CT molecular complexity index is 357. The number of rotatable bonds is 4. The zero-order valence-corrected chi connectivity index (χ0v) is 13.2. The van der Waals surface area contributed by atoms with Crippen LogP contribution in [0.4, 0.5) is 0 Å². The van der Waals surface area contributed by atoms with Gasteiger partial charge in [-0.25, -0.2) is 0 Å². The van der Waals surface area contributed by atoms with Crippen molar-refractivity contribution >= 4 is 13.0 Å². The Morgan fingerprint density at radius 1 is 1.11 bits per heavy atom. The molecule has 108 valence electrons. The minimum absolute atomic E-state index is 0.0113. The molecule has 0 atom stereocenters. The molecule has 0 saturated carbocycles. The van der Waals surface area contributed by atoms with Crippen molar-refractivity contribution in [3.05, 3.63) is 11.5 Å². The fourth-order valence-corrected chi connectivity index (χ4v) is 1.92. The van der Waals surface area contributed by atoms with Crippen molar-refractivity contribution in [3.8, 4) is 0 Å². The van der Waals surface area contributed by atoms with Gasteiger partial charge in [0.1, 0.15) is 0 Å². The van der Waals surface area contributed by atoms with Crippen LogP contribution in [0.2, 0.25) is 0 Å². The Morgan fingerprint density at radius 2 is 1.53 bits per heavy atom. The van der Waals surface area contributed by atoms with Gasteiger partial charge in [0.05, 0.1) is 11.2 Å². The molecule has 1 rings (SSSR count). The lowest BCUT2D eigenvalue weighted by atomic mass is 9.79. The molecule has 5 heteroatoms. The average Bonchev–Trinajstić information content (AvgIpc) is 2.50. The third-order valence-electron chi connectivity index (χ3n) is 4.05. The van der Waals surface area contributed by atoms with E-state index in [4.69, 9.17) is 9.31 Å². The molecule has 0 spiro atoms. The lowest BCUT2D eigenvalue weighted by Crippen LogP contribution is -2.41. The highest BCUT2D eigenvalue weighted by atomic mass is 16.7. The van der Waals surface area contributed by atoms with E-state index in [0.29, 0.717) is 13.1 Å². The molecule has 0 radical (unpaired) electrons. The van der Waals surface area contributed by atoms with Crippen LogP contribution in [0.3, 0.4) is 0 Å². The molecule has 0 aromatic carbocycles. The van der Waals surface area contributed by atoms with Gasteiger partial charge in [0, 0.05) is 13.1 Å². The second kappa shape index (κ2) is 5.67. The Balaban J connectivity index is 2.80. The van der Waals surface area contributed by atoms with Crippen molar-refractivity contribution in [3.63, 3.8) is 0 Å². The maximum atomic E-state index is 12.0. The summed E-state index contributed by atoms with van der Waals surface area (Å²) >= 11 is 0. The molecular weight excluding hydrogens is 241 g/mol. The molecule has 1 heterocycles. The molecular formula is C14H26BNO3. The van der Waals surface area contributed by atoms with Crippen LogP contribution in [0.25, 0.3) is 0 Å². The topological polar surface area (TPSA) is 38.8 Å². The Morgan fingerprint density at radius 3 is 1.89 bits per heavy atom. The minimum Gasteiger partial charge on any atom is -0.400 e. The standard InChI is InChI=1S/C14H26BNO3/c1-8-16(9-2)12(17)10-11(3)15-18-13(4,5)14(6,7)19-15/h10H,8-9H2,1-7H3/b11-10+. The van der Waals surface area contributed by atoms with Gasteiger partial charge < -0.3 is 14.2 Å². The Hall–Kier alpha value is -0.805. The SMILES string of the molecule is CCN(CC)C(=O)/C=C(\C)B1OC(C)(C)C(C)(C)O1. The van der Waals surface area contributed by atoms with E-state index in [0.717, 1.165) is 5.47 Å². The van der Waals surface area contributed by atoms with Gasteiger partial charge >= 0.3 is 7.12 Å². The first-order valence-electron chi connectivity index (χ1n) is 6.97. The third kappa shape index (κ3) is 3.40. The maximum absolute atomic E-state index is 12.0. The van der Waals surface area contributed by atoms with E-state index in [1.54, 1.807) is 11.0 Å². The Labute approximate surface area is 117 Å². The van der Waals surface area contributed by atoms with Crippen LogP contribution >= 0.6 is 0 Å². The van der Waals surface area contributed by atoms with Crippen molar-refractivity contribution in [2.24, 2.45) is 0 Å². The van der Waals surface area contributed by atoms with Crippen LogP contribution < -0.4 is 0 Å². The molecule has 1 aliphatic rings. The normalized spacial score (nSPS) is 21.6. The summed E-state index contributed by atoms with van der Waals surface area (Å²) in [4.78, 5) is 13.8. The van der Waals surface area contributed by atoms with Crippen molar-refractivity contribution in [1.82, 2.24) is 4.90 Å². The van der Waals surface area contributed by atoms with Gasteiger partial charge in [-0.05, 0) is 60.0 Å². The van der Waals surface area contributed by atoms with Gasteiger partial charge in [-0.2, -0.15) is 0 Å². The number of allylic oxidation sites excluding steroid dienone is 1. The van der Waals surface area contributed by atoms with E-state index < -0.39 is 7.12 Å². The molecule has 19 heavy (non-hydrogen) atoms. The van der Waals surface area contributed by atoms with E-state index in [9.17, 15) is 4.79 Å². The lowest BCUT2D eigenvalue weighted by Gasteiger charge is -2.32. The zero-order valence-electron chi connectivity index (χ0n) is 13.2. The molecule has 0 aromatic heterocycles. The minimum atomic E-state index is -0.440. The van der Waals surface area contributed by atoms with Gasteiger partial charge in [-0.3, -0.25) is 4.79 Å². The predicted octanol–water partition coefficient (Wildman–Crippen LogP) is 2.43. The molecule has 0 aliphatic carbocycles. The van der Waals surface area contributed by atoms with Crippen molar-refractivity contribution < 1.29 is 14.1 Å². The summed E-state index contributed by atoms with van der Waals surface area (Å²) in [5.41, 5.74) is 0.0753. The van der Waals surface area contributed by atoms with Crippen LogP contribution in [0.1, 0.15) is 48.5 Å². The average molecular weight is 267 g/mol. The highest BCUT2D eigenvalue weighted by Crippen LogP contribution is 2.38. The van der Waals surface area contributed by atoms with Gasteiger partial charge in [0.15, 0.2) is 0 Å². The van der Waals surface area contributed by atoms with Crippen LogP contribution in [-0.4, -0.2) is 42.2 Å². The van der Waals surface area contributed by atoms with Crippen molar-refractivity contribution in [2.75, 3.05) is 13.1 Å². The van der Waals surface area contributed by atoms with Gasteiger partial charge in [-0.1, -0.05) is 0 Å². The number of amides is 1. The number of carbonyl (C=O) groups is 1. The molecule has 1 fully saturated rings. The summed E-state index contributed by atoms with van der Waals surface area (Å²) in [6.07, 6.45) is 1.62. The summed E-state index contributed by atoms with van der Waals surface area (Å²) in [5.74, 6) is 0.0113. The quantitative estimate of drug-likeness (QED) is 0.580. The van der Waals surface area contributed by atoms with E-state index in [1.807, 2.05) is 48.5 Å². The highest BCUT2D eigenvalue weighted by Gasteiger charge is 2.51. The van der Waals surface area contributed by atoms with Gasteiger partial charge in [-0.15, -0.1) is 0 Å². The third-order valence-corrected chi connectivity index (χ3v) is 4.05. The molecule has 0 bridgehead atoms. The maximum Gasteiger partial charge on any atom is 0.490 e. The molecule has 1 aliphatic heterocycles. The number of likely N-dealkylation sites (N-methyl/N-ethyl adjacent to an activating group) is 1. The first-order chi connectivity index (χ1) is 8.64. The van der Waals surface area contributed by atoms with Crippen LogP contribution in [0.5, 0.6) is 0 Å². The van der Waals surface area contributed by atoms with E-state index in [2.05, 4.69) is 0 Å². The number of hydrogen-bond donors (Lipinski definition) is 0. The first-order valence-corrected chi connectivity index (χ1v) is 6.97. The second-order valence-corrected chi connectivity index (χ2v) is 5.99. The van der Waals surface area contributed by atoms with Crippen molar-refractivity contribution in [1.29, 1.82) is 0 Å². The molecule has 0 N–H and O–H groups in total. The van der Waals surface area contributed by atoms with E-state index in [1.165, 1.54) is 0 Å². The van der Waals surface area contributed by atoms with E-state index >= 15 is 0 Å². The molecule has 0 aromatic rings. The lowest BCUT2D eigenvalue weighted by molar-refractivity contribution is -0.125. The summed E-state index contributed by atoms with van der Waals surface area (Å²) < 4.78 is 11.8. The van der Waals surface area contributed by atoms with Gasteiger partial charge in [0.2, 0.25) is 5.91 Å². The first kappa shape index (κ1) is 16.2. The molecule has 0 unspecified atom stereocenters. The number of nitrogens with zero attached hydrogens (tertiary/aromatic N) is 1. The summed E-state index contributed by atoms with van der Waals surface area (Å²) in [5, 5.41) is 0. The summed E-state index contributed by atoms with van der Waals surface area (Å²) in [7, 11) is -0.440. The van der Waals surface area contributed by atoms with Crippen LogP contribution in [0, 0.1) is 0 Å². The smallest absolute Gasteiger partial charge is 0.400 e. The fraction of sp³-hybridized carbons (Fsp3) is 0.786. The molecule has 1 amide bonds. The molecule has 1 saturated heterocycles. The monoisotopic (exact) mass is 267 g/mol. The second-order valence-electron chi connectivity index (χ2n) is 5.99. The van der Waals surface area contributed by atoms with Crippen molar-refractivity contribution in [2.45, 2.75) is 59.7 Å². The highest BCUT2D eigenvalue weighted by molar-refractivity contribution is 6.55. The number of carbonyl (C=O) groups excluding carboxylic acids is 1. The van der Waals surface area contributed by atoms with E-state index in [-0.39, 0.29) is 17.1 Å². The van der Waals surface area contributed by atoms with Crippen LogP contribution in [0.15, 0.2) is 11.5 Å². The van der Waals surface area contributed by atoms with Gasteiger partial charge in [0.25, 0.3) is 0 Å². The summed E-state index contributed by atoms with van der Waals surface area (Å²) in [6, 6.07) is 0. The molecule has 4 nitrogen and oxygen atoms in total. The largest absolute Gasteiger partial charge is 0.490 e. The summed E-state index contributed by atoms with van der Waals surface area (Å²) in [6.45, 7) is 15.3. The fourth-order valence-electron chi connectivity index (χ4n) is 1.92. The Kier molecular flexibility index (Phi) is 4.85. The zero-order chi connectivity index (χ0) is 14.8. The predicted molar refractivity (Wildman–Crippen MR) is 77.8 cm³/mol. The van der Waals surface area contributed by atoms with Crippen LogP contribution in [-0.2, 0) is 14.1 Å². The number of hydrogen-bond acceptors (Lipinski definition) is 3.